The van der Waals surface area contributed by atoms with Gasteiger partial charge in [-0.15, -0.1) is 0 Å². The number of rotatable bonds is 3. The first-order chi connectivity index (χ1) is 6.25. The van der Waals surface area contributed by atoms with Crippen molar-refractivity contribution < 1.29 is 9.22 Å². The third-order valence-corrected chi connectivity index (χ3v) is 8.30. The molecule has 0 aromatic heterocycles. The number of hydrogen-bond acceptors (Lipinski definition) is 6. The van der Waals surface area contributed by atoms with Gasteiger partial charge in [0.15, 0.2) is 0 Å². The Hall–Kier alpha value is 0.469. The van der Waals surface area contributed by atoms with Crippen LogP contribution in [-0.2, 0) is 9.22 Å². The van der Waals surface area contributed by atoms with Crippen LogP contribution in [0.25, 0.3) is 0 Å². The molecule has 0 bridgehead atoms. The van der Waals surface area contributed by atoms with E-state index in [-0.39, 0.29) is 0 Å². The molecule has 0 aliphatic carbocycles. The van der Waals surface area contributed by atoms with Gasteiger partial charge in [-0.3, -0.25) is 0 Å². The van der Waals surface area contributed by atoms with Gasteiger partial charge in [0, 0.05) is 0 Å². The van der Waals surface area contributed by atoms with Crippen molar-refractivity contribution in [3.8, 4) is 0 Å². The SMILES string of the molecule is CC(=S)[O][Sn]([CH3])([O]C(C)=S)[O]C(C)=S. The quantitative estimate of drug-likeness (QED) is 0.568. The minimum absolute atomic E-state index is 0.385. The van der Waals surface area contributed by atoms with Crippen LogP contribution in [0.5, 0.6) is 0 Å². The second-order valence-electron chi connectivity index (χ2n) is 2.64. The van der Waals surface area contributed by atoms with Crippen molar-refractivity contribution >= 4 is 71.4 Å². The van der Waals surface area contributed by atoms with Gasteiger partial charge in [-0.25, -0.2) is 0 Å². The molecule has 0 rings (SSSR count). The van der Waals surface area contributed by atoms with Crippen LogP contribution in [0.2, 0.25) is 4.94 Å². The van der Waals surface area contributed by atoms with Gasteiger partial charge in [-0.2, -0.15) is 0 Å². The molecule has 0 saturated carbocycles. The van der Waals surface area contributed by atoms with E-state index >= 15 is 0 Å². The first-order valence-electron chi connectivity index (χ1n) is 3.84. The van der Waals surface area contributed by atoms with Gasteiger partial charge in [0.05, 0.1) is 0 Å². The Balaban J connectivity index is 4.56. The Kier molecular flexibility index (Phi) is 6.34. The fraction of sp³-hybridized carbons (Fsp3) is 0.571. The molecule has 0 fully saturated rings. The molecule has 0 aromatic rings. The van der Waals surface area contributed by atoms with Gasteiger partial charge in [0.2, 0.25) is 0 Å². The summed E-state index contributed by atoms with van der Waals surface area (Å²) in [6, 6.07) is 0. The summed E-state index contributed by atoms with van der Waals surface area (Å²) in [5.41, 5.74) is 0. The third kappa shape index (κ3) is 6.85. The van der Waals surface area contributed by atoms with E-state index in [0.29, 0.717) is 15.2 Å². The van der Waals surface area contributed by atoms with Crippen LogP contribution in [0.15, 0.2) is 0 Å². The van der Waals surface area contributed by atoms with Crippen LogP contribution in [0.3, 0.4) is 0 Å². The molecular formula is C7H12O3S3Sn. The summed E-state index contributed by atoms with van der Waals surface area (Å²) in [7, 11) is 0. The van der Waals surface area contributed by atoms with E-state index in [9.17, 15) is 0 Å². The molecule has 0 spiro atoms. The second-order valence-corrected chi connectivity index (χ2v) is 11.0. The van der Waals surface area contributed by atoms with E-state index in [1.54, 1.807) is 25.7 Å². The summed E-state index contributed by atoms with van der Waals surface area (Å²) in [5, 5.41) is 1.16. The topological polar surface area (TPSA) is 27.7 Å². The molecule has 0 aliphatic heterocycles. The average molecular weight is 359 g/mol. The van der Waals surface area contributed by atoms with Crippen LogP contribution in [0, 0.1) is 0 Å². The summed E-state index contributed by atoms with van der Waals surface area (Å²) >= 11 is 10.9. The summed E-state index contributed by atoms with van der Waals surface area (Å²) in [6.07, 6.45) is 0. The Labute approximate surface area is 106 Å². The predicted octanol–water partition coefficient (Wildman–Crippen LogP) is 2.65. The summed E-state index contributed by atoms with van der Waals surface area (Å²) in [4.78, 5) is 1.76. The Morgan fingerprint density at radius 1 is 0.786 bits per heavy atom. The Morgan fingerprint density at radius 3 is 1.14 bits per heavy atom. The zero-order chi connectivity index (χ0) is 11.4. The van der Waals surface area contributed by atoms with E-state index in [0.717, 1.165) is 0 Å². The number of hydrogen-bond donors (Lipinski definition) is 0. The maximum atomic E-state index is 5.38. The molecule has 0 aliphatic rings. The molecule has 0 atom stereocenters. The fourth-order valence-corrected chi connectivity index (χ4v) is 8.72. The molecule has 0 aromatic carbocycles. The average Bonchev–Trinajstić information content (AvgIpc) is 1.76. The molecule has 0 radical (unpaired) electrons. The van der Waals surface area contributed by atoms with Crippen LogP contribution >= 0.6 is 36.7 Å². The predicted molar refractivity (Wildman–Crippen MR) is 69.7 cm³/mol. The van der Waals surface area contributed by atoms with Crippen LogP contribution in [0.1, 0.15) is 20.8 Å². The fourth-order valence-electron chi connectivity index (χ4n) is 0.846. The van der Waals surface area contributed by atoms with Crippen molar-refractivity contribution in [1.29, 1.82) is 0 Å². The van der Waals surface area contributed by atoms with Gasteiger partial charge in [0.1, 0.15) is 0 Å². The summed E-state index contributed by atoms with van der Waals surface area (Å²) < 4.78 is 16.1. The second kappa shape index (κ2) is 6.14. The monoisotopic (exact) mass is 360 g/mol. The molecule has 0 N–H and O–H groups in total. The molecule has 0 amide bonds. The van der Waals surface area contributed by atoms with Crippen LogP contribution in [-0.4, -0.2) is 34.8 Å². The van der Waals surface area contributed by atoms with Gasteiger partial charge >= 0.3 is 106 Å². The minimum atomic E-state index is -3.63. The van der Waals surface area contributed by atoms with Crippen LogP contribution in [0.4, 0.5) is 0 Å². The molecule has 0 heterocycles. The van der Waals surface area contributed by atoms with Crippen molar-refractivity contribution in [1.82, 2.24) is 0 Å². The molecule has 80 valence electrons. The van der Waals surface area contributed by atoms with Gasteiger partial charge in [-0.05, 0) is 0 Å². The van der Waals surface area contributed by atoms with E-state index < -0.39 is 19.6 Å². The Morgan fingerprint density at radius 2 is 1.00 bits per heavy atom. The van der Waals surface area contributed by atoms with Gasteiger partial charge < -0.3 is 0 Å². The number of thiocarbonyl (C=S) groups is 3. The first kappa shape index (κ1) is 14.5. The van der Waals surface area contributed by atoms with Gasteiger partial charge in [0.25, 0.3) is 0 Å². The van der Waals surface area contributed by atoms with Crippen molar-refractivity contribution in [2.24, 2.45) is 0 Å². The first-order valence-corrected chi connectivity index (χ1v) is 11.4. The molecule has 0 saturated heterocycles. The molecule has 3 nitrogen and oxygen atoms in total. The third-order valence-electron chi connectivity index (χ3n) is 0.987. The van der Waals surface area contributed by atoms with Crippen molar-refractivity contribution in [2.75, 3.05) is 0 Å². The zero-order valence-electron chi connectivity index (χ0n) is 8.45. The normalized spacial score (nSPS) is 10.3. The van der Waals surface area contributed by atoms with E-state index in [4.69, 9.17) is 45.9 Å². The molecule has 14 heavy (non-hydrogen) atoms. The van der Waals surface area contributed by atoms with E-state index in [2.05, 4.69) is 0 Å². The van der Waals surface area contributed by atoms with Crippen LogP contribution < -0.4 is 0 Å². The summed E-state index contributed by atoms with van der Waals surface area (Å²) in [5.74, 6) is 0. The molecule has 7 heteroatoms. The Bertz CT molecular complexity index is 226. The molecular weight excluding hydrogens is 347 g/mol. The van der Waals surface area contributed by atoms with Gasteiger partial charge in [-0.1, -0.05) is 0 Å². The summed E-state index contributed by atoms with van der Waals surface area (Å²) in [6.45, 7) is 4.98. The van der Waals surface area contributed by atoms with Crippen molar-refractivity contribution in [3.05, 3.63) is 0 Å². The van der Waals surface area contributed by atoms with Crippen molar-refractivity contribution in [2.45, 2.75) is 25.7 Å². The van der Waals surface area contributed by atoms with Crippen molar-refractivity contribution in [3.63, 3.8) is 0 Å². The molecule has 0 unspecified atom stereocenters. The van der Waals surface area contributed by atoms with E-state index in [1.807, 2.05) is 0 Å². The standard InChI is InChI=1S/3C2H4OS.CH3.Sn/c3*1-2(3)4;;/h3*1H3,(H,3,4);1H3;/q;;;;+3/p-3. The van der Waals surface area contributed by atoms with E-state index in [1.165, 1.54) is 0 Å². The zero-order valence-corrected chi connectivity index (χ0v) is 13.8. The maximum absolute atomic E-state index is 5.38.